The van der Waals surface area contributed by atoms with E-state index < -0.39 is 16.1 Å². The molecule has 8 nitrogen and oxygen atoms in total. The van der Waals surface area contributed by atoms with Gasteiger partial charge in [-0.25, -0.2) is 13.4 Å². The van der Waals surface area contributed by atoms with Crippen LogP contribution >= 0.6 is 22.7 Å². The van der Waals surface area contributed by atoms with E-state index in [0.29, 0.717) is 43.4 Å². The summed E-state index contributed by atoms with van der Waals surface area (Å²) in [5, 5.41) is 2.29. The molecule has 1 amide bonds. The van der Waals surface area contributed by atoms with Crippen LogP contribution in [0.1, 0.15) is 25.7 Å². The number of thiophene rings is 1. The largest absolute Gasteiger partial charge is 0.497 e. The minimum Gasteiger partial charge on any atom is -0.497 e. The molecule has 11 heteroatoms. The van der Waals surface area contributed by atoms with Crippen molar-refractivity contribution in [1.29, 1.82) is 0 Å². The number of aromatic nitrogens is 1. The Morgan fingerprint density at radius 3 is 2.91 bits per heavy atom. The maximum Gasteiger partial charge on any atom is 0.253 e. The molecule has 2 aliphatic rings. The molecule has 2 saturated heterocycles. The van der Waals surface area contributed by atoms with Crippen molar-refractivity contribution >= 4 is 54.0 Å². The van der Waals surface area contributed by atoms with Crippen LogP contribution in [0, 0.1) is 0 Å². The molecule has 176 valence electrons. The Balaban J connectivity index is 1.49. The Hall–Kier alpha value is -2.05. The molecule has 4 heterocycles. The van der Waals surface area contributed by atoms with Crippen molar-refractivity contribution in [2.45, 2.75) is 42.0 Å². The molecule has 0 aliphatic carbocycles. The quantitative estimate of drug-likeness (QED) is 0.484. The summed E-state index contributed by atoms with van der Waals surface area (Å²) in [6, 6.07) is 8.18. The summed E-state index contributed by atoms with van der Waals surface area (Å²) < 4.78 is 40.2. The highest BCUT2D eigenvalue weighted by Gasteiger charge is 2.43. The third kappa shape index (κ3) is 4.40. The lowest BCUT2D eigenvalue weighted by molar-refractivity contribution is -0.122. The van der Waals surface area contributed by atoms with Crippen LogP contribution in [0.5, 0.6) is 5.75 Å². The highest BCUT2D eigenvalue weighted by molar-refractivity contribution is 7.91. The SMILES string of the molecule is COc1ccc2sc(N(CC3CCCO3)C(=O)C3CCCN3S(=O)(=O)c3cccs3)nc2c1. The number of sulfonamides is 1. The summed E-state index contributed by atoms with van der Waals surface area (Å²) >= 11 is 2.59. The van der Waals surface area contributed by atoms with Gasteiger partial charge in [-0.15, -0.1) is 11.3 Å². The van der Waals surface area contributed by atoms with Gasteiger partial charge in [-0.2, -0.15) is 4.31 Å². The molecule has 0 spiro atoms. The van der Waals surface area contributed by atoms with Gasteiger partial charge in [-0.05, 0) is 49.3 Å². The molecule has 0 radical (unpaired) electrons. The second-order valence-electron chi connectivity index (χ2n) is 8.12. The predicted molar refractivity (Wildman–Crippen MR) is 129 cm³/mol. The number of rotatable bonds is 7. The summed E-state index contributed by atoms with van der Waals surface area (Å²) in [6.07, 6.45) is 2.87. The number of methoxy groups -OCH3 is 1. The van der Waals surface area contributed by atoms with Crippen molar-refractivity contribution in [2.75, 3.05) is 31.7 Å². The summed E-state index contributed by atoms with van der Waals surface area (Å²) in [4.78, 5) is 20.2. The second-order valence-corrected chi connectivity index (χ2v) is 12.2. The summed E-state index contributed by atoms with van der Waals surface area (Å²) in [6.45, 7) is 1.37. The normalized spacial score (nSPS) is 21.6. The van der Waals surface area contributed by atoms with E-state index in [1.165, 1.54) is 27.0 Å². The Morgan fingerprint density at radius 2 is 2.18 bits per heavy atom. The maximum absolute atomic E-state index is 13.9. The minimum absolute atomic E-state index is 0.0840. The molecule has 2 aliphatic heterocycles. The van der Waals surface area contributed by atoms with Crippen molar-refractivity contribution in [3.63, 3.8) is 0 Å². The lowest BCUT2D eigenvalue weighted by Crippen LogP contribution is -2.49. The fraction of sp³-hybridized carbons (Fsp3) is 0.455. The van der Waals surface area contributed by atoms with E-state index in [4.69, 9.17) is 14.5 Å². The summed E-state index contributed by atoms with van der Waals surface area (Å²) in [5.41, 5.74) is 0.744. The van der Waals surface area contributed by atoms with Crippen LogP contribution in [0.15, 0.2) is 39.9 Å². The van der Waals surface area contributed by atoms with Crippen LogP contribution in [0.4, 0.5) is 5.13 Å². The first-order chi connectivity index (χ1) is 16.0. The highest BCUT2D eigenvalue weighted by atomic mass is 32.2. The number of hydrogen-bond acceptors (Lipinski definition) is 8. The predicted octanol–water partition coefficient (Wildman–Crippen LogP) is 3.73. The molecule has 5 rings (SSSR count). The lowest BCUT2D eigenvalue weighted by Gasteiger charge is -2.29. The Labute approximate surface area is 200 Å². The zero-order valence-corrected chi connectivity index (χ0v) is 20.6. The van der Waals surface area contributed by atoms with Gasteiger partial charge in [0.15, 0.2) is 5.13 Å². The van der Waals surface area contributed by atoms with Gasteiger partial charge in [-0.1, -0.05) is 17.4 Å². The molecule has 0 saturated carbocycles. The number of nitrogens with zero attached hydrogens (tertiary/aromatic N) is 3. The van der Waals surface area contributed by atoms with Gasteiger partial charge in [0.25, 0.3) is 10.0 Å². The molecule has 33 heavy (non-hydrogen) atoms. The van der Waals surface area contributed by atoms with E-state index in [1.54, 1.807) is 29.5 Å². The molecule has 3 aromatic rings. The zero-order chi connectivity index (χ0) is 23.0. The van der Waals surface area contributed by atoms with Gasteiger partial charge < -0.3 is 9.47 Å². The van der Waals surface area contributed by atoms with Crippen LogP contribution in [0.3, 0.4) is 0 Å². The van der Waals surface area contributed by atoms with Crippen LogP contribution in [-0.4, -0.2) is 62.6 Å². The van der Waals surface area contributed by atoms with Crippen molar-refractivity contribution in [3.8, 4) is 5.75 Å². The van der Waals surface area contributed by atoms with Gasteiger partial charge >= 0.3 is 0 Å². The van der Waals surface area contributed by atoms with Crippen LogP contribution < -0.4 is 9.64 Å². The number of ether oxygens (including phenoxy) is 2. The van der Waals surface area contributed by atoms with E-state index in [1.807, 2.05) is 18.2 Å². The average molecular weight is 508 g/mol. The van der Waals surface area contributed by atoms with E-state index in [2.05, 4.69) is 0 Å². The van der Waals surface area contributed by atoms with Crippen molar-refractivity contribution in [3.05, 3.63) is 35.7 Å². The topological polar surface area (TPSA) is 89.0 Å². The average Bonchev–Trinajstić information content (AvgIpc) is 3.63. The first-order valence-corrected chi connectivity index (χ1v) is 14.0. The van der Waals surface area contributed by atoms with E-state index in [9.17, 15) is 13.2 Å². The molecule has 2 atom stereocenters. The van der Waals surface area contributed by atoms with Gasteiger partial charge in [0.05, 0.1) is 30.0 Å². The molecule has 0 N–H and O–H groups in total. The van der Waals surface area contributed by atoms with Crippen molar-refractivity contribution < 1.29 is 22.7 Å². The first-order valence-electron chi connectivity index (χ1n) is 10.9. The minimum atomic E-state index is -3.73. The first kappa shape index (κ1) is 22.7. The zero-order valence-electron chi connectivity index (χ0n) is 18.2. The Kier molecular flexibility index (Phi) is 6.41. The number of hydrogen-bond donors (Lipinski definition) is 0. The third-order valence-corrected chi connectivity index (χ3v) is 10.4. The third-order valence-electron chi connectivity index (χ3n) is 6.04. The second kappa shape index (κ2) is 9.30. The van der Waals surface area contributed by atoms with Gasteiger partial charge in [0.2, 0.25) is 5.91 Å². The van der Waals surface area contributed by atoms with E-state index in [0.717, 1.165) is 23.1 Å². The molecule has 2 fully saturated rings. The molecule has 0 bridgehead atoms. The van der Waals surface area contributed by atoms with Crippen molar-refractivity contribution in [2.24, 2.45) is 0 Å². The molecule has 2 unspecified atom stereocenters. The summed E-state index contributed by atoms with van der Waals surface area (Å²) in [7, 11) is -2.12. The summed E-state index contributed by atoms with van der Waals surface area (Å²) in [5.74, 6) is 0.453. The monoisotopic (exact) mass is 507 g/mol. The van der Waals surface area contributed by atoms with Crippen LogP contribution in [0.2, 0.25) is 0 Å². The van der Waals surface area contributed by atoms with Crippen molar-refractivity contribution in [1.82, 2.24) is 9.29 Å². The highest BCUT2D eigenvalue weighted by Crippen LogP contribution is 2.35. The number of thiazole rings is 1. The smallest absolute Gasteiger partial charge is 0.253 e. The fourth-order valence-corrected chi connectivity index (χ4v) is 8.10. The molecular weight excluding hydrogens is 482 g/mol. The number of anilines is 1. The number of amides is 1. The Bertz CT molecular complexity index is 1240. The molecule has 2 aromatic heterocycles. The number of carbonyl (C=O) groups excluding carboxylic acids is 1. The van der Waals surface area contributed by atoms with E-state index >= 15 is 0 Å². The maximum atomic E-state index is 13.9. The molecular formula is C22H25N3O5S3. The van der Waals surface area contributed by atoms with E-state index in [-0.39, 0.29) is 16.2 Å². The van der Waals surface area contributed by atoms with Crippen LogP contribution in [-0.2, 0) is 19.6 Å². The lowest BCUT2D eigenvalue weighted by atomic mass is 10.2. The number of carbonyl (C=O) groups is 1. The Morgan fingerprint density at radius 1 is 1.30 bits per heavy atom. The molecule has 1 aromatic carbocycles. The van der Waals surface area contributed by atoms with Crippen LogP contribution in [0.25, 0.3) is 10.2 Å². The van der Waals surface area contributed by atoms with Gasteiger partial charge in [0.1, 0.15) is 16.0 Å². The number of benzene rings is 1. The standard InChI is InChI=1S/C22H25N3O5S3/c1-29-15-8-9-19-17(13-15)23-22(32-19)24(14-16-5-3-11-30-16)21(26)18-6-2-10-25(18)33(27,28)20-7-4-12-31-20/h4,7-9,12-13,16,18H,2-3,5-6,10-11,14H2,1H3. The van der Waals surface area contributed by atoms with Gasteiger partial charge in [-0.3, -0.25) is 9.69 Å². The van der Waals surface area contributed by atoms with Gasteiger partial charge in [0, 0.05) is 19.2 Å². The fourth-order valence-electron chi connectivity index (χ4n) is 4.37. The number of fused-ring (bicyclic) bond motifs is 1.